The van der Waals surface area contributed by atoms with Gasteiger partial charge >= 0.3 is 18.3 Å². The summed E-state index contributed by atoms with van der Waals surface area (Å²) in [4.78, 5) is 99.2. The number of nitrogens with one attached hydrogen (secondary N) is 4. The van der Waals surface area contributed by atoms with E-state index < -0.39 is 42.7 Å². The Labute approximate surface area is 484 Å². The van der Waals surface area contributed by atoms with E-state index >= 15 is 0 Å². The van der Waals surface area contributed by atoms with Crippen molar-refractivity contribution in [2.24, 2.45) is 5.92 Å². The average molecular weight is 1230 g/mol. The van der Waals surface area contributed by atoms with Crippen molar-refractivity contribution in [1.82, 2.24) is 65.1 Å². The number of nitrogens with two attached hydrogens (primary N) is 2. The van der Waals surface area contributed by atoms with Gasteiger partial charge < -0.3 is 36.1 Å². The number of halogens is 7. The fourth-order valence-corrected chi connectivity index (χ4v) is 9.13. The summed E-state index contributed by atoms with van der Waals surface area (Å²) in [5.41, 5.74) is 13.4. The van der Waals surface area contributed by atoms with Gasteiger partial charge in [0, 0.05) is 6.04 Å². The molecule has 1 saturated carbocycles. The van der Waals surface area contributed by atoms with Gasteiger partial charge in [-0.25, -0.2) is 74.2 Å². The van der Waals surface area contributed by atoms with E-state index in [1.807, 2.05) is 0 Å². The molecule has 0 bridgehead atoms. The van der Waals surface area contributed by atoms with Crippen LogP contribution in [-0.4, -0.2) is 107 Å². The van der Waals surface area contributed by atoms with Crippen molar-refractivity contribution in [3.8, 4) is 0 Å². The van der Waals surface area contributed by atoms with Crippen LogP contribution in [0.5, 0.6) is 0 Å². The molecule has 79 heavy (non-hydrogen) atoms. The molecule has 4 aliphatic heterocycles. The number of hydrogen-bond donors (Lipinski definition) is 7. The monoisotopic (exact) mass is 1230 g/mol. The second-order valence-electron chi connectivity index (χ2n) is 16.5. The molecule has 2 fully saturated rings. The van der Waals surface area contributed by atoms with Gasteiger partial charge in [-0.1, -0.05) is 81.2 Å². The van der Waals surface area contributed by atoms with Crippen molar-refractivity contribution in [2.75, 3.05) is 34.0 Å². The predicted molar refractivity (Wildman–Crippen MR) is 291 cm³/mol. The molecule has 3 amide bonds. The molecule has 4 unspecified atom stereocenters. The highest BCUT2D eigenvalue weighted by molar-refractivity contribution is 6.38. The number of anilines is 5. The average Bonchev–Trinajstić information content (AvgIpc) is 4.15. The first-order valence-corrected chi connectivity index (χ1v) is 25.6. The molecule has 0 radical (unpaired) electrons. The molecule has 11 rings (SSSR count). The zero-order valence-corrected chi connectivity index (χ0v) is 47.4. The highest BCUT2D eigenvalue weighted by atomic mass is 35.5. The number of aromatic nitrogens is 12. The van der Waals surface area contributed by atoms with E-state index in [-0.39, 0.29) is 54.9 Å². The number of ketones is 2. The number of aliphatic hydroxyl groups excluding tert-OH is 1. The number of aliphatic hydroxyl groups is 1. The van der Waals surface area contributed by atoms with Gasteiger partial charge in [-0.05, 0) is 73.3 Å². The highest BCUT2D eigenvalue weighted by Gasteiger charge is 2.38. The number of piperidine rings is 1. The molecule has 0 spiro atoms. The third-order valence-electron chi connectivity index (χ3n) is 10.9. The number of amides is 3. The summed E-state index contributed by atoms with van der Waals surface area (Å²) >= 11 is 39.7. The van der Waals surface area contributed by atoms with Crippen molar-refractivity contribution in [2.45, 2.75) is 91.3 Å². The first-order valence-electron chi connectivity index (χ1n) is 22.9. The van der Waals surface area contributed by atoms with E-state index in [9.17, 15) is 24.0 Å². The van der Waals surface area contributed by atoms with Gasteiger partial charge in [-0.3, -0.25) is 25.5 Å². The minimum atomic E-state index is -0.733. The number of nitrogen functional groups attached to an aromatic ring is 2. The molecule has 6 aromatic rings. The number of nitrogens with zero attached hydrogens (tertiary/aromatic N) is 12. The molecule has 34 heteroatoms. The number of Topliss-reactive ketones (excluding diaryl/α,β-unsaturated/α-hetero) is 2. The summed E-state index contributed by atoms with van der Waals surface area (Å²) in [5.74, 6) is 2.23. The maximum absolute atomic E-state index is 10.9. The Bertz CT molecular complexity index is 2890. The Kier molecular flexibility index (Phi) is 23.5. The van der Waals surface area contributed by atoms with Gasteiger partial charge in [0.05, 0.1) is 39.5 Å². The van der Waals surface area contributed by atoms with Crippen LogP contribution in [0.1, 0.15) is 128 Å². The molecular formula is C45H47Cl7N18O9. The number of rotatable bonds is 3. The standard InChI is InChI=1S/3C7H6ClN3O2.C6H4Cl2N2O.C6H8ClN3O.C6H6ClN3O.C6H11N/c3*1-3-4-5(8)9-2-10-6(4)11-7(12)13-3;3*1-3(11)4-5(7)9-2-10-6(4)8;1-2-5-4-6(5)7-3-1/h3*2-3H,1H3,(H,9,10,11,12);2H,1H3;2-3,11H,1H3,(H2,8,9,10);2H,1H3,(H2,8,9,10);5-7H,1-4H2/t2*3-;;;;;/m10...../s1. The molecule has 1 aliphatic carbocycles. The zero-order chi connectivity index (χ0) is 58.2. The van der Waals surface area contributed by atoms with Crippen molar-refractivity contribution >= 4 is 140 Å². The van der Waals surface area contributed by atoms with Crippen LogP contribution in [0.25, 0.3) is 0 Å². The van der Waals surface area contributed by atoms with E-state index in [4.69, 9.17) is 112 Å². The molecule has 420 valence electrons. The van der Waals surface area contributed by atoms with Crippen LogP contribution < -0.4 is 32.7 Å². The van der Waals surface area contributed by atoms with Gasteiger partial charge in [-0.15, -0.1) is 0 Å². The van der Waals surface area contributed by atoms with Gasteiger partial charge in [0.15, 0.2) is 11.6 Å². The predicted octanol–water partition coefficient (Wildman–Crippen LogP) is 9.68. The maximum Gasteiger partial charge on any atom is 0.413 e. The van der Waals surface area contributed by atoms with Crippen LogP contribution >= 0.6 is 81.2 Å². The van der Waals surface area contributed by atoms with E-state index in [0.717, 1.165) is 12.0 Å². The van der Waals surface area contributed by atoms with Crippen molar-refractivity contribution < 1.29 is 43.3 Å². The first kappa shape index (κ1) is 63.0. The van der Waals surface area contributed by atoms with Crippen molar-refractivity contribution in [1.29, 1.82) is 0 Å². The van der Waals surface area contributed by atoms with Gasteiger partial charge in [-0.2, -0.15) is 0 Å². The van der Waals surface area contributed by atoms with Gasteiger partial charge in [0.1, 0.15) is 121 Å². The highest BCUT2D eigenvalue weighted by Crippen LogP contribution is 2.37. The van der Waals surface area contributed by atoms with Gasteiger partial charge in [0.25, 0.3) is 0 Å². The molecule has 10 heterocycles. The Morgan fingerprint density at radius 1 is 0.544 bits per heavy atom. The third-order valence-corrected chi connectivity index (χ3v) is 13.0. The van der Waals surface area contributed by atoms with E-state index in [0.29, 0.717) is 55.2 Å². The van der Waals surface area contributed by atoms with Crippen LogP contribution in [0.2, 0.25) is 36.1 Å². The number of hydrogen-bond acceptors (Lipinski definition) is 24. The number of ether oxygens (including phenoxy) is 3. The van der Waals surface area contributed by atoms with E-state index in [1.54, 1.807) is 27.7 Å². The fraction of sp³-hybridized carbons (Fsp3) is 0.356. The quantitative estimate of drug-likeness (QED) is 0.0492. The van der Waals surface area contributed by atoms with Crippen molar-refractivity contribution in [3.63, 3.8) is 0 Å². The van der Waals surface area contributed by atoms with Crippen LogP contribution in [0.15, 0.2) is 38.0 Å². The molecule has 9 N–H and O–H groups in total. The molecule has 5 aliphatic rings. The van der Waals surface area contributed by atoms with Crippen LogP contribution in [0.3, 0.4) is 0 Å². The molecule has 6 aromatic heterocycles. The lowest BCUT2D eigenvalue weighted by Crippen LogP contribution is -2.24. The minimum absolute atomic E-state index is 0.0949. The maximum atomic E-state index is 10.9. The zero-order valence-electron chi connectivity index (χ0n) is 42.1. The van der Waals surface area contributed by atoms with Crippen LogP contribution in [-0.2, 0) is 14.2 Å². The topological polar surface area (TPSA) is 388 Å². The van der Waals surface area contributed by atoms with E-state index in [1.165, 1.54) is 77.6 Å². The summed E-state index contributed by atoms with van der Waals surface area (Å²) in [6.45, 7) is 10.7. The number of cyclic esters (lactones) is 3. The normalized spacial score (nSPS) is 18.7. The first-order chi connectivity index (χ1) is 37.4. The van der Waals surface area contributed by atoms with E-state index in [2.05, 4.69) is 81.1 Å². The Morgan fingerprint density at radius 3 is 1.18 bits per heavy atom. The lowest BCUT2D eigenvalue weighted by Gasteiger charge is -2.22. The fourth-order valence-electron chi connectivity index (χ4n) is 7.12. The summed E-state index contributed by atoms with van der Waals surface area (Å²) in [5, 5.41) is 21.3. The Morgan fingerprint density at radius 2 is 0.886 bits per heavy atom. The number of carbonyl (C=O) groups excluding carboxylic acids is 5. The lowest BCUT2D eigenvalue weighted by atomic mass is 10.2. The third kappa shape index (κ3) is 17.8. The minimum Gasteiger partial charge on any atom is -0.441 e. The molecule has 6 atom stereocenters. The molecular weight excluding hydrogens is 1180 g/mol. The molecule has 1 saturated heterocycles. The Hall–Kier alpha value is -6.82. The molecule has 27 nitrogen and oxygen atoms in total. The number of carbonyl (C=O) groups is 5. The summed E-state index contributed by atoms with van der Waals surface area (Å²) in [6.07, 6.45) is 8.43. The second kappa shape index (κ2) is 29.4. The van der Waals surface area contributed by atoms with Crippen LogP contribution in [0.4, 0.5) is 43.5 Å². The SMILES string of the molecule is C1CNC2CC2C1.CC(=O)c1c(Cl)ncnc1Cl.CC(=O)c1c(N)ncnc1Cl.CC(O)c1c(N)ncnc1Cl.CC1OC(=O)Nc2ncnc(Cl)c21.C[C@@H]1OC(=O)Nc2ncnc(Cl)c21.C[C@H]1OC(=O)Nc2ncnc(Cl)c21. The molecule has 0 aromatic carbocycles. The summed E-state index contributed by atoms with van der Waals surface area (Å²) < 4.78 is 14.6. The largest absolute Gasteiger partial charge is 0.441 e. The number of fused-ring (bicyclic) bond motifs is 4. The van der Waals surface area contributed by atoms with Gasteiger partial charge in [0.2, 0.25) is 0 Å². The lowest BCUT2D eigenvalue weighted by molar-refractivity contribution is 0.100. The van der Waals surface area contributed by atoms with Crippen LogP contribution in [0, 0.1) is 5.92 Å². The summed E-state index contributed by atoms with van der Waals surface area (Å²) in [7, 11) is 0. The summed E-state index contributed by atoms with van der Waals surface area (Å²) in [6, 6.07) is 0.953. The smallest absolute Gasteiger partial charge is 0.413 e. The Balaban J connectivity index is 0.000000171. The second-order valence-corrected chi connectivity index (χ2v) is 19.0. The van der Waals surface area contributed by atoms with Crippen molar-refractivity contribution in [3.05, 3.63) is 107 Å².